The maximum absolute atomic E-state index is 11.4. The number of benzene rings is 1. The van der Waals surface area contributed by atoms with Gasteiger partial charge in [-0.1, -0.05) is 23.8 Å². The summed E-state index contributed by atoms with van der Waals surface area (Å²) in [7, 11) is 0. The van der Waals surface area contributed by atoms with Crippen molar-refractivity contribution in [3.05, 3.63) is 40.4 Å². The van der Waals surface area contributed by atoms with Crippen molar-refractivity contribution in [3.8, 4) is 0 Å². The van der Waals surface area contributed by atoms with E-state index in [-0.39, 0.29) is 11.8 Å². The number of anilines is 1. The van der Waals surface area contributed by atoms with E-state index in [4.69, 9.17) is 11.6 Å². The van der Waals surface area contributed by atoms with E-state index >= 15 is 0 Å². The van der Waals surface area contributed by atoms with Crippen molar-refractivity contribution in [2.24, 2.45) is 5.92 Å². The molecule has 0 saturated heterocycles. The minimum Gasteiger partial charge on any atom is -0.480 e. The van der Waals surface area contributed by atoms with Gasteiger partial charge >= 0.3 is 5.97 Å². The van der Waals surface area contributed by atoms with Crippen LogP contribution >= 0.6 is 11.6 Å². The average Bonchev–Trinajstić information content (AvgIpc) is 2.76. The molecule has 3 atom stereocenters. The number of hydrogen-bond acceptors (Lipinski definition) is 2. The lowest BCUT2D eigenvalue weighted by atomic mass is 9.78. The number of aliphatic carboxylic acids is 1. The lowest BCUT2D eigenvalue weighted by molar-refractivity contribution is -0.139. The van der Waals surface area contributed by atoms with Crippen LogP contribution in [0.15, 0.2) is 24.3 Å². The molecule has 0 aromatic heterocycles. The SMILES string of the molecule is Cc1cc(Cl)cc2c1N[C@@H](C(=O)O)[C@@H]1CC=C[C@H]21. The molecule has 1 aliphatic heterocycles. The van der Waals surface area contributed by atoms with Crippen molar-refractivity contribution in [1.82, 2.24) is 0 Å². The summed E-state index contributed by atoms with van der Waals surface area (Å²) >= 11 is 6.10. The van der Waals surface area contributed by atoms with Gasteiger partial charge in [0.05, 0.1) is 0 Å². The van der Waals surface area contributed by atoms with Gasteiger partial charge in [-0.3, -0.25) is 0 Å². The second-order valence-corrected chi connectivity index (χ2v) is 5.44. The molecule has 1 heterocycles. The molecule has 4 heteroatoms. The van der Waals surface area contributed by atoms with E-state index in [0.29, 0.717) is 5.02 Å². The highest BCUT2D eigenvalue weighted by atomic mass is 35.5. The molecule has 0 bridgehead atoms. The molecule has 2 N–H and O–H groups in total. The van der Waals surface area contributed by atoms with E-state index in [1.807, 2.05) is 19.1 Å². The topological polar surface area (TPSA) is 49.3 Å². The van der Waals surface area contributed by atoms with E-state index in [1.165, 1.54) is 0 Å². The Morgan fingerprint density at radius 3 is 3.00 bits per heavy atom. The summed E-state index contributed by atoms with van der Waals surface area (Å²) in [4.78, 5) is 11.4. The number of allylic oxidation sites excluding steroid dienone is 2. The van der Waals surface area contributed by atoms with Crippen molar-refractivity contribution < 1.29 is 9.90 Å². The minimum atomic E-state index is -0.784. The predicted molar refractivity (Wildman–Crippen MR) is 71.2 cm³/mol. The van der Waals surface area contributed by atoms with Crippen LogP contribution in [0.25, 0.3) is 0 Å². The maximum Gasteiger partial charge on any atom is 0.326 e. The summed E-state index contributed by atoms with van der Waals surface area (Å²) in [5.41, 5.74) is 3.05. The van der Waals surface area contributed by atoms with Crippen LogP contribution in [0.3, 0.4) is 0 Å². The van der Waals surface area contributed by atoms with Crippen LogP contribution in [0.4, 0.5) is 5.69 Å². The number of aryl methyl sites for hydroxylation is 1. The summed E-state index contributed by atoms with van der Waals surface area (Å²) in [5.74, 6) is -0.527. The standard InChI is InChI=1S/C14H14ClNO2/c1-7-5-8(15)6-11-9-3-2-4-10(9)13(14(17)18)16-12(7)11/h2-3,5-6,9-10,13,16H,4H2,1H3,(H,17,18)/t9-,10+,13+/m0/s1. The number of carboxylic acid groups (broad SMARTS) is 1. The Balaban J connectivity index is 2.14. The fraction of sp³-hybridized carbons (Fsp3) is 0.357. The zero-order valence-electron chi connectivity index (χ0n) is 9.98. The molecular formula is C14H14ClNO2. The van der Waals surface area contributed by atoms with Crippen LogP contribution in [-0.2, 0) is 4.79 Å². The zero-order valence-corrected chi connectivity index (χ0v) is 10.7. The molecule has 0 unspecified atom stereocenters. The van der Waals surface area contributed by atoms with Crippen LogP contribution < -0.4 is 5.32 Å². The molecule has 0 amide bonds. The number of carboxylic acids is 1. The minimum absolute atomic E-state index is 0.0906. The third-order valence-electron chi connectivity index (χ3n) is 3.90. The summed E-state index contributed by atoms with van der Waals surface area (Å²) in [6, 6.07) is 3.30. The molecule has 94 valence electrons. The van der Waals surface area contributed by atoms with Gasteiger partial charge in [0.25, 0.3) is 0 Å². The summed E-state index contributed by atoms with van der Waals surface area (Å²) < 4.78 is 0. The van der Waals surface area contributed by atoms with Gasteiger partial charge in [0, 0.05) is 22.5 Å². The van der Waals surface area contributed by atoms with E-state index in [9.17, 15) is 9.90 Å². The molecule has 3 nitrogen and oxygen atoms in total. The molecule has 1 aromatic rings. The highest BCUT2D eigenvalue weighted by molar-refractivity contribution is 6.30. The maximum atomic E-state index is 11.4. The molecular weight excluding hydrogens is 250 g/mol. The van der Waals surface area contributed by atoms with Gasteiger partial charge in [-0.25, -0.2) is 4.79 Å². The second-order valence-electron chi connectivity index (χ2n) is 5.00. The number of halogens is 1. The van der Waals surface area contributed by atoms with E-state index in [1.54, 1.807) is 0 Å². The Kier molecular flexibility index (Phi) is 2.59. The number of hydrogen-bond donors (Lipinski definition) is 2. The van der Waals surface area contributed by atoms with Gasteiger partial charge in [-0.15, -0.1) is 0 Å². The molecule has 1 aromatic carbocycles. The van der Waals surface area contributed by atoms with Gasteiger partial charge in [0.2, 0.25) is 0 Å². The van der Waals surface area contributed by atoms with Gasteiger partial charge in [-0.05, 0) is 36.6 Å². The first-order valence-electron chi connectivity index (χ1n) is 6.04. The molecule has 3 rings (SSSR count). The first-order valence-corrected chi connectivity index (χ1v) is 6.42. The van der Waals surface area contributed by atoms with Crippen LogP contribution in [0.2, 0.25) is 5.02 Å². The van der Waals surface area contributed by atoms with Gasteiger partial charge in [0.15, 0.2) is 0 Å². The Morgan fingerprint density at radius 2 is 2.28 bits per heavy atom. The Bertz CT molecular complexity index is 553. The molecule has 2 aliphatic rings. The van der Waals surface area contributed by atoms with Gasteiger partial charge < -0.3 is 10.4 Å². The van der Waals surface area contributed by atoms with Crippen LogP contribution in [-0.4, -0.2) is 17.1 Å². The molecule has 0 radical (unpaired) electrons. The molecule has 0 spiro atoms. The number of rotatable bonds is 1. The zero-order chi connectivity index (χ0) is 12.9. The normalized spacial score (nSPS) is 28.4. The average molecular weight is 264 g/mol. The first kappa shape index (κ1) is 11.6. The van der Waals surface area contributed by atoms with Gasteiger partial charge in [-0.2, -0.15) is 0 Å². The van der Waals surface area contributed by atoms with Crippen LogP contribution in [0.5, 0.6) is 0 Å². The lowest BCUT2D eigenvalue weighted by Gasteiger charge is -2.35. The van der Waals surface area contributed by atoms with Crippen molar-refractivity contribution in [3.63, 3.8) is 0 Å². The quantitative estimate of drug-likeness (QED) is 0.765. The summed E-state index contributed by atoms with van der Waals surface area (Å²) in [5, 5.41) is 13.2. The Labute approximate surface area is 110 Å². The van der Waals surface area contributed by atoms with Crippen molar-refractivity contribution in [1.29, 1.82) is 0 Å². The largest absolute Gasteiger partial charge is 0.480 e. The van der Waals surface area contributed by atoms with E-state index < -0.39 is 12.0 Å². The van der Waals surface area contributed by atoms with E-state index in [2.05, 4.69) is 17.5 Å². The van der Waals surface area contributed by atoms with Crippen molar-refractivity contribution >= 4 is 23.3 Å². The van der Waals surface area contributed by atoms with Crippen molar-refractivity contribution in [2.75, 3.05) is 5.32 Å². The van der Waals surface area contributed by atoms with Gasteiger partial charge in [0.1, 0.15) is 6.04 Å². The molecule has 0 fully saturated rings. The Morgan fingerprint density at radius 1 is 1.50 bits per heavy atom. The molecule has 0 saturated carbocycles. The highest BCUT2D eigenvalue weighted by Crippen LogP contribution is 2.46. The second kappa shape index (κ2) is 4.02. The first-order chi connectivity index (χ1) is 8.58. The fourth-order valence-corrected chi connectivity index (χ4v) is 3.37. The number of nitrogens with one attached hydrogen (secondary N) is 1. The molecule has 1 aliphatic carbocycles. The third kappa shape index (κ3) is 1.62. The van der Waals surface area contributed by atoms with Crippen molar-refractivity contribution in [2.45, 2.75) is 25.3 Å². The lowest BCUT2D eigenvalue weighted by Crippen LogP contribution is -2.42. The predicted octanol–water partition coefficient (Wildman–Crippen LogP) is 3.19. The Hall–Kier alpha value is -1.48. The highest BCUT2D eigenvalue weighted by Gasteiger charge is 2.41. The number of fused-ring (bicyclic) bond motifs is 3. The van der Waals surface area contributed by atoms with Crippen LogP contribution in [0.1, 0.15) is 23.5 Å². The summed E-state index contributed by atoms with van der Waals surface area (Å²) in [6.07, 6.45) is 4.98. The monoisotopic (exact) mass is 263 g/mol. The third-order valence-corrected chi connectivity index (χ3v) is 4.12. The van der Waals surface area contributed by atoms with Crippen LogP contribution in [0, 0.1) is 12.8 Å². The fourth-order valence-electron chi connectivity index (χ4n) is 3.09. The van der Waals surface area contributed by atoms with E-state index in [0.717, 1.165) is 23.2 Å². The molecule has 18 heavy (non-hydrogen) atoms. The number of carbonyl (C=O) groups is 1. The smallest absolute Gasteiger partial charge is 0.326 e. The summed E-state index contributed by atoms with van der Waals surface area (Å²) in [6.45, 7) is 1.95.